The molecule has 3 rings (SSSR count). The van der Waals surface area contributed by atoms with E-state index in [-0.39, 0.29) is 5.69 Å². The van der Waals surface area contributed by atoms with E-state index in [2.05, 4.69) is 10.3 Å². The molecule has 0 fully saturated rings. The third-order valence-electron chi connectivity index (χ3n) is 3.67. The largest absolute Gasteiger partial charge is 0.496 e. The molecule has 0 spiro atoms. The van der Waals surface area contributed by atoms with Gasteiger partial charge >= 0.3 is 0 Å². The van der Waals surface area contributed by atoms with Crippen molar-refractivity contribution < 1.29 is 9.66 Å². The lowest BCUT2D eigenvalue weighted by Crippen LogP contribution is -2.20. The van der Waals surface area contributed by atoms with Crippen LogP contribution in [0.4, 0.5) is 5.69 Å². The van der Waals surface area contributed by atoms with Crippen molar-refractivity contribution in [2.24, 2.45) is 4.99 Å². The second-order valence-corrected chi connectivity index (χ2v) is 6.21. The lowest BCUT2D eigenvalue weighted by atomic mass is 10.2. The number of benzene rings is 2. The minimum Gasteiger partial charge on any atom is -0.496 e. The minimum atomic E-state index is -0.390. The van der Waals surface area contributed by atoms with Gasteiger partial charge in [0.25, 0.3) is 5.69 Å². The highest BCUT2D eigenvalue weighted by Crippen LogP contribution is 2.32. The summed E-state index contributed by atoms with van der Waals surface area (Å²) in [5.41, 5.74) is 1.93. The molecule has 2 aromatic rings. The smallest absolute Gasteiger partial charge is 0.270 e. The summed E-state index contributed by atoms with van der Waals surface area (Å²) >= 11 is 1.61. The van der Waals surface area contributed by atoms with Gasteiger partial charge in [0.2, 0.25) is 0 Å². The van der Waals surface area contributed by atoms with Gasteiger partial charge in [-0.2, -0.15) is 0 Å². The van der Waals surface area contributed by atoms with E-state index in [0.717, 1.165) is 34.9 Å². The molecule has 0 amide bonds. The molecule has 0 saturated heterocycles. The Morgan fingerprint density at radius 2 is 2.17 bits per heavy atom. The number of hydrogen-bond donors (Lipinski definition) is 1. The van der Waals surface area contributed by atoms with Crippen molar-refractivity contribution in [3.8, 4) is 5.75 Å². The summed E-state index contributed by atoms with van der Waals surface area (Å²) in [7, 11) is 1.57. The summed E-state index contributed by atoms with van der Waals surface area (Å²) in [6.45, 7) is 1.64. The van der Waals surface area contributed by atoms with Crippen LogP contribution in [0.1, 0.15) is 11.1 Å². The second-order valence-electron chi connectivity index (χ2n) is 5.20. The van der Waals surface area contributed by atoms with E-state index < -0.39 is 4.92 Å². The Bertz CT molecular complexity index is 792. The Kier molecular flexibility index (Phi) is 5.00. The van der Waals surface area contributed by atoms with Gasteiger partial charge in [0, 0.05) is 40.5 Å². The van der Waals surface area contributed by atoms with Crippen LogP contribution >= 0.6 is 11.8 Å². The molecule has 0 bridgehead atoms. The molecule has 6 nitrogen and oxygen atoms in total. The van der Waals surface area contributed by atoms with Crippen molar-refractivity contribution in [1.82, 2.24) is 5.32 Å². The third-order valence-corrected chi connectivity index (χ3v) is 4.80. The topological polar surface area (TPSA) is 76.8 Å². The maximum Gasteiger partial charge on any atom is 0.270 e. The Labute approximate surface area is 144 Å². The number of methoxy groups -OCH3 is 1. The molecule has 24 heavy (non-hydrogen) atoms. The first-order chi connectivity index (χ1) is 11.7. The number of nitrogens with zero attached hydrogens (tertiary/aromatic N) is 2. The van der Waals surface area contributed by atoms with E-state index in [9.17, 15) is 10.1 Å². The van der Waals surface area contributed by atoms with Crippen LogP contribution in [0, 0.1) is 10.1 Å². The van der Waals surface area contributed by atoms with E-state index in [4.69, 9.17) is 4.74 Å². The summed E-state index contributed by atoms with van der Waals surface area (Å²) in [6.07, 6.45) is 0. The zero-order valence-corrected chi connectivity index (χ0v) is 14.0. The van der Waals surface area contributed by atoms with Crippen molar-refractivity contribution >= 4 is 23.3 Å². The molecule has 1 aliphatic heterocycles. The van der Waals surface area contributed by atoms with Gasteiger partial charge in [0.1, 0.15) is 11.6 Å². The second kappa shape index (κ2) is 7.35. The number of aliphatic imine (C=N–C) groups is 1. The Hall–Kier alpha value is -2.54. The predicted molar refractivity (Wildman–Crippen MR) is 95.1 cm³/mol. The van der Waals surface area contributed by atoms with Gasteiger partial charge in [-0.05, 0) is 12.1 Å². The lowest BCUT2D eigenvalue weighted by molar-refractivity contribution is -0.384. The van der Waals surface area contributed by atoms with Gasteiger partial charge in [-0.1, -0.05) is 18.2 Å². The number of rotatable bonds is 6. The maximum atomic E-state index is 11.0. The van der Waals surface area contributed by atoms with Crippen LogP contribution in [0.15, 0.2) is 52.4 Å². The first kappa shape index (κ1) is 16.3. The molecule has 0 radical (unpaired) electrons. The number of ether oxygens (including phenoxy) is 1. The quantitative estimate of drug-likeness (QED) is 0.495. The summed E-state index contributed by atoms with van der Waals surface area (Å²) in [5, 5.41) is 14.3. The average Bonchev–Trinajstić information content (AvgIpc) is 3.14. The van der Waals surface area contributed by atoms with E-state index in [1.165, 1.54) is 6.07 Å². The molecular weight excluding hydrogens is 326 g/mol. The number of hydrogen-bond acceptors (Lipinski definition) is 6. The van der Waals surface area contributed by atoms with Gasteiger partial charge in [0.15, 0.2) is 0 Å². The lowest BCUT2D eigenvalue weighted by Gasteiger charge is -2.11. The van der Waals surface area contributed by atoms with E-state index in [0.29, 0.717) is 11.5 Å². The first-order valence-electron chi connectivity index (χ1n) is 7.51. The van der Waals surface area contributed by atoms with Crippen LogP contribution in [0.2, 0.25) is 0 Å². The molecule has 1 N–H and O–H groups in total. The zero-order valence-electron chi connectivity index (χ0n) is 13.2. The minimum absolute atomic E-state index is 0.0709. The van der Waals surface area contributed by atoms with Gasteiger partial charge in [-0.3, -0.25) is 15.1 Å². The molecule has 0 aromatic heterocycles. The summed E-state index contributed by atoms with van der Waals surface area (Å²) in [6, 6.07) is 12.7. The maximum absolute atomic E-state index is 11.0. The molecule has 0 aliphatic carbocycles. The highest BCUT2D eigenvalue weighted by Gasteiger charge is 2.15. The van der Waals surface area contributed by atoms with Gasteiger partial charge in [-0.25, -0.2) is 0 Å². The van der Waals surface area contributed by atoms with Crippen molar-refractivity contribution in [2.45, 2.75) is 10.6 Å². The van der Waals surface area contributed by atoms with E-state index in [1.807, 2.05) is 24.3 Å². The molecular formula is C17H17N3O3S. The highest BCUT2D eigenvalue weighted by molar-refractivity contribution is 7.98. The van der Waals surface area contributed by atoms with Crippen molar-refractivity contribution in [1.29, 1.82) is 0 Å². The predicted octanol–water partition coefficient (Wildman–Crippen LogP) is 3.25. The fourth-order valence-corrected chi connectivity index (χ4v) is 3.54. The molecule has 124 valence electrons. The Morgan fingerprint density at radius 1 is 1.33 bits per heavy atom. The summed E-state index contributed by atoms with van der Waals surface area (Å²) in [4.78, 5) is 16.2. The summed E-state index contributed by atoms with van der Waals surface area (Å²) < 4.78 is 5.33. The number of nitro groups is 1. The number of non-ortho nitro benzene ring substituents is 1. The van der Waals surface area contributed by atoms with Crippen LogP contribution in [-0.4, -0.2) is 31.0 Å². The summed E-state index contributed by atoms with van der Waals surface area (Å²) in [5.74, 6) is 2.14. The molecule has 1 heterocycles. The number of amidine groups is 1. The van der Waals surface area contributed by atoms with Crippen molar-refractivity contribution in [2.75, 3.05) is 20.2 Å². The Morgan fingerprint density at radius 3 is 2.88 bits per heavy atom. The average molecular weight is 343 g/mol. The van der Waals surface area contributed by atoms with Crippen molar-refractivity contribution in [3.63, 3.8) is 0 Å². The monoisotopic (exact) mass is 343 g/mol. The fourth-order valence-electron chi connectivity index (χ4n) is 2.51. The normalized spacial score (nSPS) is 13.3. The molecule has 1 aliphatic rings. The zero-order chi connectivity index (χ0) is 16.9. The number of nitro benzene ring substituents is 1. The highest BCUT2D eigenvalue weighted by atomic mass is 32.2. The van der Waals surface area contributed by atoms with Gasteiger partial charge < -0.3 is 10.1 Å². The standard InChI is InChI=1S/C17H17N3O3S/c1-23-15-7-6-13(20(21)22)10-12(15)11-24-16-5-3-2-4-14(16)17-18-8-9-19-17/h2-7,10H,8-9,11H2,1H3,(H,18,19). The van der Waals surface area contributed by atoms with Crippen molar-refractivity contribution in [3.05, 3.63) is 63.7 Å². The van der Waals surface area contributed by atoms with Gasteiger partial charge in [-0.15, -0.1) is 11.8 Å². The van der Waals surface area contributed by atoms with E-state index in [1.54, 1.807) is 31.0 Å². The van der Waals surface area contributed by atoms with Gasteiger partial charge in [0.05, 0.1) is 18.6 Å². The van der Waals surface area contributed by atoms with E-state index >= 15 is 0 Å². The first-order valence-corrected chi connectivity index (χ1v) is 8.49. The van der Waals surface area contributed by atoms with Crippen LogP contribution < -0.4 is 10.1 Å². The van der Waals surface area contributed by atoms with Crippen LogP contribution in [0.25, 0.3) is 0 Å². The SMILES string of the molecule is COc1ccc([N+](=O)[O-])cc1CSc1ccccc1C1=NCCN1. The molecule has 7 heteroatoms. The Balaban J connectivity index is 1.84. The molecule has 2 aromatic carbocycles. The van der Waals surface area contributed by atoms with Crippen LogP contribution in [0.3, 0.4) is 0 Å². The number of nitrogens with one attached hydrogen (secondary N) is 1. The van der Waals surface area contributed by atoms with Crippen LogP contribution in [0.5, 0.6) is 5.75 Å². The van der Waals surface area contributed by atoms with Crippen LogP contribution in [-0.2, 0) is 5.75 Å². The third kappa shape index (κ3) is 3.51. The molecule has 0 atom stereocenters. The molecule has 0 unspecified atom stereocenters. The number of thioether (sulfide) groups is 1. The molecule has 0 saturated carbocycles. The fraction of sp³-hybridized carbons (Fsp3) is 0.235.